The van der Waals surface area contributed by atoms with Gasteiger partial charge in [-0.3, -0.25) is 4.57 Å². The number of fused-ring (bicyclic) bond motifs is 1. The summed E-state index contributed by atoms with van der Waals surface area (Å²) in [7, 11) is 0. The second kappa shape index (κ2) is 3.57. The van der Waals surface area contributed by atoms with Gasteiger partial charge in [0.25, 0.3) is 0 Å². The molecule has 0 bridgehead atoms. The van der Waals surface area contributed by atoms with Crippen molar-refractivity contribution in [1.29, 1.82) is 0 Å². The van der Waals surface area contributed by atoms with Crippen molar-refractivity contribution in [1.82, 2.24) is 9.55 Å². The molecule has 0 saturated heterocycles. The van der Waals surface area contributed by atoms with Crippen molar-refractivity contribution in [3.63, 3.8) is 0 Å². The first-order chi connectivity index (χ1) is 6.76. The van der Waals surface area contributed by atoms with Crippen molar-refractivity contribution >= 4 is 27.2 Å². The van der Waals surface area contributed by atoms with Gasteiger partial charge >= 0.3 is 5.76 Å². The van der Waals surface area contributed by atoms with Gasteiger partial charge in [0.1, 0.15) is 0 Å². The van der Waals surface area contributed by atoms with Gasteiger partial charge in [0.05, 0.1) is 0 Å². The van der Waals surface area contributed by atoms with Crippen molar-refractivity contribution < 1.29 is 4.42 Å². The van der Waals surface area contributed by atoms with E-state index in [0.717, 1.165) is 5.56 Å². The first-order valence-electron chi connectivity index (χ1n) is 4.30. The lowest BCUT2D eigenvalue weighted by Crippen LogP contribution is -2.12. The van der Waals surface area contributed by atoms with Gasteiger partial charge in [-0.1, -0.05) is 15.9 Å². The molecule has 0 N–H and O–H groups in total. The monoisotopic (exact) mass is 256 g/mol. The third kappa shape index (κ3) is 1.37. The summed E-state index contributed by atoms with van der Waals surface area (Å²) < 4.78 is 6.56. The van der Waals surface area contributed by atoms with Gasteiger partial charge in [-0.05, 0) is 18.6 Å². The maximum Gasteiger partial charge on any atom is 0.421 e. The average Bonchev–Trinajstić information content (AvgIpc) is 2.51. The molecule has 0 unspecified atom stereocenters. The number of hydrogen-bond donors (Lipinski definition) is 0. The Bertz CT molecular complexity index is 515. The SMILES string of the molecule is CCn1c(=O)oc2cc(CBr)cnc21. The topological polar surface area (TPSA) is 48.0 Å². The largest absolute Gasteiger partial charge is 0.421 e. The zero-order valence-corrected chi connectivity index (χ0v) is 9.24. The summed E-state index contributed by atoms with van der Waals surface area (Å²) in [5.74, 6) is -0.346. The molecule has 0 amide bonds. The van der Waals surface area contributed by atoms with Crippen LogP contribution in [0, 0.1) is 0 Å². The number of rotatable bonds is 2. The van der Waals surface area contributed by atoms with Gasteiger partial charge in [-0.15, -0.1) is 0 Å². The van der Waals surface area contributed by atoms with Crippen LogP contribution in [0.15, 0.2) is 21.5 Å². The van der Waals surface area contributed by atoms with Crippen LogP contribution in [0.1, 0.15) is 12.5 Å². The first kappa shape index (κ1) is 9.45. The van der Waals surface area contributed by atoms with Crippen molar-refractivity contribution in [3.05, 3.63) is 28.4 Å². The van der Waals surface area contributed by atoms with E-state index in [1.54, 1.807) is 6.20 Å². The predicted octanol–water partition coefficient (Wildman–Crippen LogP) is 1.90. The molecule has 0 fully saturated rings. The van der Waals surface area contributed by atoms with Gasteiger partial charge < -0.3 is 4.42 Å². The Hall–Kier alpha value is -1.10. The molecular formula is C9H9BrN2O2. The Kier molecular flexibility index (Phi) is 2.41. The van der Waals surface area contributed by atoms with Gasteiger partial charge in [0.2, 0.25) is 0 Å². The lowest BCUT2D eigenvalue weighted by molar-refractivity contribution is 0.513. The number of halogens is 1. The number of nitrogens with zero attached hydrogens (tertiary/aromatic N) is 2. The Balaban J connectivity index is 2.74. The summed E-state index contributed by atoms with van der Waals surface area (Å²) >= 11 is 3.32. The summed E-state index contributed by atoms with van der Waals surface area (Å²) in [5.41, 5.74) is 2.16. The van der Waals surface area contributed by atoms with E-state index in [4.69, 9.17) is 4.42 Å². The molecule has 74 valence electrons. The number of oxazole rings is 1. The van der Waals surface area contributed by atoms with Crippen LogP contribution in [0.4, 0.5) is 0 Å². The van der Waals surface area contributed by atoms with Crippen LogP contribution in [-0.2, 0) is 11.9 Å². The van der Waals surface area contributed by atoms with Crippen LogP contribution in [0.25, 0.3) is 11.2 Å². The second-order valence-electron chi connectivity index (χ2n) is 2.91. The Morgan fingerprint density at radius 1 is 1.64 bits per heavy atom. The summed E-state index contributed by atoms with van der Waals surface area (Å²) in [6, 6.07) is 1.82. The maximum absolute atomic E-state index is 11.3. The molecule has 0 saturated carbocycles. The third-order valence-electron chi connectivity index (χ3n) is 2.03. The first-order valence-corrected chi connectivity index (χ1v) is 5.42. The molecule has 2 heterocycles. The molecule has 5 heteroatoms. The molecule has 0 aliphatic rings. The molecular weight excluding hydrogens is 248 g/mol. The molecule has 4 nitrogen and oxygen atoms in total. The van der Waals surface area contributed by atoms with Crippen molar-refractivity contribution in [2.45, 2.75) is 18.8 Å². The third-order valence-corrected chi connectivity index (χ3v) is 2.68. The molecule has 2 aromatic heterocycles. The highest BCUT2D eigenvalue weighted by Gasteiger charge is 2.08. The highest BCUT2D eigenvalue weighted by atomic mass is 79.9. The lowest BCUT2D eigenvalue weighted by atomic mass is 10.3. The van der Waals surface area contributed by atoms with Crippen molar-refractivity contribution in [2.24, 2.45) is 0 Å². The minimum Gasteiger partial charge on any atom is -0.406 e. The zero-order valence-electron chi connectivity index (χ0n) is 7.66. The van der Waals surface area contributed by atoms with E-state index >= 15 is 0 Å². The Labute approximate surface area is 88.7 Å². The van der Waals surface area contributed by atoms with E-state index in [1.165, 1.54) is 4.57 Å². The van der Waals surface area contributed by atoms with E-state index in [9.17, 15) is 4.79 Å². The van der Waals surface area contributed by atoms with E-state index in [0.29, 0.717) is 23.1 Å². The van der Waals surface area contributed by atoms with E-state index in [-0.39, 0.29) is 5.76 Å². The fourth-order valence-electron chi connectivity index (χ4n) is 1.34. The summed E-state index contributed by atoms with van der Waals surface area (Å²) in [4.78, 5) is 15.5. The maximum atomic E-state index is 11.3. The number of pyridine rings is 1. The predicted molar refractivity (Wildman–Crippen MR) is 56.6 cm³/mol. The molecule has 0 radical (unpaired) electrons. The van der Waals surface area contributed by atoms with E-state index in [1.807, 2.05) is 13.0 Å². The molecule has 14 heavy (non-hydrogen) atoms. The Morgan fingerprint density at radius 3 is 3.07 bits per heavy atom. The molecule has 0 aliphatic carbocycles. The van der Waals surface area contributed by atoms with E-state index < -0.39 is 0 Å². The quantitative estimate of drug-likeness (QED) is 0.772. The van der Waals surface area contributed by atoms with Crippen LogP contribution < -0.4 is 5.76 Å². The number of hydrogen-bond acceptors (Lipinski definition) is 3. The highest BCUT2D eigenvalue weighted by molar-refractivity contribution is 9.08. The smallest absolute Gasteiger partial charge is 0.406 e. The van der Waals surface area contributed by atoms with Crippen molar-refractivity contribution in [2.75, 3.05) is 0 Å². The Morgan fingerprint density at radius 2 is 2.43 bits per heavy atom. The lowest BCUT2D eigenvalue weighted by Gasteiger charge is -1.95. The van der Waals surface area contributed by atoms with Crippen LogP contribution in [0.2, 0.25) is 0 Å². The number of alkyl halides is 1. The normalized spacial score (nSPS) is 11.0. The summed E-state index contributed by atoms with van der Waals surface area (Å²) in [6.45, 7) is 2.46. The van der Waals surface area contributed by atoms with Gasteiger partial charge in [-0.25, -0.2) is 9.78 Å². The van der Waals surface area contributed by atoms with Crippen LogP contribution >= 0.6 is 15.9 Å². The van der Waals surface area contributed by atoms with Crippen molar-refractivity contribution in [3.8, 4) is 0 Å². The zero-order chi connectivity index (χ0) is 10.1. The fraction of sp³-hybridized carbons (Fsp3) is 0.333. The van der Waals surface area contributed by atoms with E-state index in [2.05, 4.69) is 20.9 Å². The van der Waals surface area contributed by atoms with Crippen LogP contribution in [0.5, 0.6) is 0 Å². The molecule has 2 aromatic rings. The van der Waals surface area contributed by atoms with Gasteiger partial charge in [0.15, 0.2) is 11.2 Å². The van der Waals surface area contributed by atoms with Gasteiger partial charge in [0, 0.05) is 18.1 Å². The minimum atomic E-state index is -0.346. The van der Waals surface area contributed by atoms with Crippen LogP contribution in [-0.4, -0.2) is 9.55 Å². The molecule has 0 aromatic carbocycles. The standard InChI is InChI=1S/C9H9BrN2O2/c1-2-12-8-7(14-9(12)13)3-6(4-10)5-11-8/h3,5H,2,4H2,1H3. The fourth-order valence-corrected chi connectivity index (χ4v) is 1.65. The molecule has 0 atom stereocenters. The average molecular weight is 257 g/mol. The van der Waals surface area contributed by atoms with Crippen LogP contribution in [0.3, 0.4) is 0 Å². The molecule has 2 rings (SSSR count). The minimum absolute atomic E-state index is 0.346. The highest BCUT2D eigenvalue weighted by Crippen LogP contribution is 2.13. The summed E-state index contributed by atoms with van der Waals surface area (Å²) in [5, 5.41) is 0.705. The van der Waals surface area contributed by atoms with Gasteiger partial charge in [-0.2, -0.15) is 0 Å². The molecule has 0 spiro atoms. The second-order valence-corrected chi connectivity index (χ2v) is 3.47. The summed E-state index contributed by atoms with van der Waals surface area (Å²) in [6.07, 6.45) is 1.73. The number of aryl methyl sites for hydroxylation is 1. The molecule has 0 aliphatic heterocycles. The number of aromatic nitrogens is 2.